The van der Waals surface area contributed by atoms with Crippen LogP contribution in [0.1, 0.15) is 63.5 Å². The van der Waals surface area contributed by atoms with E-state index in [0.29, 0.717) is 5.41 Å². The zero-order valence-corrected chi connectivity index (χ0v) is 12.8. The zero-order valence-electron chi connectivity index (χ0n) is 12.8. The molecule has 0 atom stereocenters. The van der Waals surface area contributed by atoms with E-state index < -0.39 is 0 Å². The molecule has 1 nitrogen and oxygen atoms in total. The molecule has 0 heterocycles. The summed E-state index contributed by atoms with van der Waals surface area (Å²) in [6, 6.07) is 9.05. The van der Waals surface area contributed by atoms with E-state index in [0.717, 1.165) is 6.54 Å². The number of nitrogens with two attached hydrogens (primary N) is 1. The van der Waals surface area contributed by atoms with Crippen molar-refractivity contribution in [2.24, 2.45) is 11.1 Å². The minimum absolute atomic E-state index is 0.262. The Labute approximate surface area is 118 Å². The van der Waals surface area contributed by atoms with E-state index >= 15 is 0 Å². The van der Waals surface area contributed by atoms with Crippen molar-refractivity contribution in [3.05, 3.63) is 35.4 Å². The zero-order chi connectivity index (χ0) is 13.9. The normalized spacial score (nSPS) is 20.0. The lowest BCUT2D eigenvalue weighted by atomic mass is 9.48. The molecule has 1 fully saturated rings. The Bertz CT molecular complexity index is 390. The van der Waals surface area contributed by atoms with Gasteiger partial charge in [-0.1, -0.05) is 56.5 Å². The Morgan fingerprint density at radius 3 is 1.95 bits per heavy atom. The highest BCUT2D eigenvalue weighted by Crippen LogP contribution is 2.59. The van der Waals surface area contributed by atoms with Crippen LogP contribution < -0.4 is 5.73 Å². The molecule has 0 aliphatic heterocycles. The maximum atomic E-state index is 6.15. The van der Waals surface area contributed by atoms with Gasteiger partial charge in [0.2, 0.25) is 0 Å². The molecule has 0 amide bonds. The summed E-state index contributed by atoms with van der Waals surface area (Å²) in [5.41, 5.74) is 9.79. The van der Waals surface area contributed by atoms with Gasteiger partial charge in [0.1, 0.15) is 0 Å². The number of benzene rings is 1. The third kappa shape index (κ3) is 2.72. The van der Waals surface area contributed by atoms with Crippen LogP contribution in [0.4, 0.5) is 0 Å². The molecule has 0 radical (unpaired) electrons. The van der Waals surface area contributed by atoms with Crippen LogP contribution in [0.15, 0.2) is 24.3 Å². The van der Waals surface area contributed by atoms with E-state index in [1.807, 2.05) is 0 Å². The molecule has 1 saturated carbocycles. The molecule has 0 saturated heterocycles. The summed E-state index contributed by atoms with van der Waals surface area (Å²) in [5.74, 6) is 0. The number of hydrogen-bond acceptors (Lipinski definition) is 1. The topological polar surface area (TPSA) is 26.0 Å². The summed E-state index contributed by atoms with van der Waals surface area (Å²) >= 11 is 0. The van der Waals surface area contributed by atoms with Gasteiger partial charge in [-0.3, -0.25) is 0 Å². The summed E-state index contributed by atoms with van der Waals surface area (Å²) in [6.07, 6.45) is 7.93. The van der Waals surface area contributed by atoms with Gasteiger partial charge < -0.3 is 5.73 Å². The fraction of sp³-hybridized carbons (Fsp3) is 0.667. The van der Waals surface area contributed by atoms with Gasteiger partial charge in [0.25, 0.3) is 0 Å². The van der Waals surface area contributed by atoms with Crippen molar-refractivity contribution in [1.29, 1.82) is 0 Å². The van der Waals surface area contributed by atoms with Gasteiger partial charge in [-0.2, -0.15) is 0 Å². The molecule has 1 aromatic carbocycles. The van der Waals surface area contributed by atoms with Crippen LogP contribution >= 0.6 is 0 Å². The lowest BCUT2D eigenvalue weighted by molar-refractivity contribution is 0.00783. The van der Waals surface area contributed by atoms with Gasteiger partial charge in [-0.05, 0) is 43.6 Å². The first-order valence-corrected chi connectivity index (χ1v) is 7.87. The van der Waals surface area contributed by atoms with Crippen molar-refractivity contribution < 1.29 is 0 Å². The molecule has 0 bridgehead atoms. The Morgan fingerprint density at radius 2 is 1.53 bits per heavy atom. The summed E-state index contributed by atoms with van der Waals surface area (Å²) in [5, 5.41) is 0. The van der Waals surface area contributed by atoms with Crippen LogP contribution in [0, 0.1) is 12.3 Å². The average molecular weight is 259 g/mol. The van der Waals surface area contributed by atoms with Crippen LogP contribution in [0.25, 0.3) is 0 Å². The van der Waals surface area contributed by atoms with Gasteiger partial charge in [-0.15, -0.1) is 0 Å². The first kappa shape index (κ1) is 14.6. The predicted octanol–water partition coefficient (Wildman–Crippen LogP) is 4.57. The Kier molecular flexibility index (Phi) is 4.35. The molecule has 106 valence electrons. The van der Waals surface area contributed by atoms with Crippen LogP contribution in [0.2, 0.25) is 0 Å². The fourth-order valence-electron chi connectivity index (χ4n) is 4.30. The summed E-state index contributed by atoms with van der Waals surface area (Å²) in [7, 11) is 0. The second-order valence-electron chi connectivity index (χ2n) is 6.70. The van der Waals surface area contributed by atoms with Gasteiger partial charge in [0.05, 0.1) is 0 Å². The van der Waals surface area contributed by atoms with Crippen molar-refractivity contribution >= 4 is 0 Å². The summed E-state index contributed by atoms with van der Waals surface area (Å²) in [6.45, 7) is 7.57. The smallest absolute Gasteiger partial charge is 0.00861 e. The van der Waals surface area contributed by atoms with Gasteiger partial charge in [-0.25, -0.2) is 0 Å². The van der Waals surface area contributed by atoms with Crippen LogP contribution in [0.5, 0.6) is 0 Å². The number of aryl methyl sites for hydroxylation is 1. The molecule has 19 heavy (non-hydrogen) atoms. The first-order valence-electron chi connectivity index (χ1n) is 7.87. The van der Waals surface area contributed by atoms with E-state index in [1.165, 1.54) is 49.7 Å². The van der Waals surface area contributed by atoms with E-state index in [-0.39, 0.29) is 5.41 Å². The maximum absolute atomic E-state index is 6.15. The van der Waals surface area contributed by atoms with Crippen molar-refractivity contribution in [2.45, 2.75) is 64.7 Å². The standard InChI is InChI=1S/C18H29N/c1-4-10-17(11-5-2)12-18(13-17,14-19)16-8-6-15(3)7-9-16/h6-9H,4-5,10-14,19H2,1-3H3. The minimum Gasteiger partial charge on any atom is -0.330 e. The van der Waals surface area contributed by atoms with E-state index in [1.54, 1.807) is 0 Å². The molecule has 1 heteroatoms. The Morgan fingerprint density at radius 1 is 1.00 bits per heavy atom. The molecule has 1 aliphatic carbocycles. The number of hydrogen-bond donors (Lipinski definition) is 1. The van der Waals surface area contributed by atoms with Crippen molar-refractivity contribution in [3.8, 4) is 0 Å². The van der Waals surface area contributed by atoms with Crippen LogP contribution in [-0.2, 0) is 5.41 Å². The molecule has 1 aliphatic rings. The van der Waals surface area contributed by atoms with Crippen LogP contribution in [-0.4, -0.2) is 6.54 Å². The third-order valence-corrected chi connectivity index (χ3v) is 5.04. The second-order valence-corrected chi connectivity index (χ2v) is 6.70. The minimum atomic E-state index is 0.262. The highest BCUT2D eigenvalue weighted by Gasteiger charge is 2.52. The molecular weight excluding hydrogens is 230 g/mol. The number of rotatable bonds is 6. The molecule has 2 rings (SSSR count). The lowest BCUT2D eigenvalue weighted by Crippen LogP contribution is -2.53. The molecule has 0 spiro atoms. The quantitative estimate of drug-likeness (QED) is 0.795. The molecule has 2 N–H and O–H groups in total. The third-order valence-electron chi connectivity index (χ3n) is 5.04. The highest BCUT2D eigenvalue weighted by molar-refractivity contribution is 5.33. The van der Waals surface area contributed by atoms with Gasteiger partial charge in [0, 0.05) is 12.0 Å². The van der Waals surface area contributed by atoms with E-state index in [2.05, 4.69) is 45.0 Å². The van der Waals surface area contributed by atoms with Gasteiger partial charge in [0.15, 0.2) is 0 Å². The first-order chi connectivity index (χ1) is 9.10. The van der Waals surface area contributed by atoms with Crippen molar-refractivity contribution in [2.75, 3.05) is 6.54 Å². The molecule has 0 unspecified atom stereocenters. The van der Waals surface area contributed by atoms with Crippen molar-refractivity contribution in [1.82, 2.24) is 0 Å². The van der Waals surface area contributed by atoms with Crippen molar-refractivity contribution in [3.63, 3.8) is 0 Å². The Balaban J connectivity index is 2.17. The summed E-state index contributed by atoms with van der Waals surface area (Å²) in [4.78, 5) is 0. The highest BCUT2D eigenvalue weighted by atomic mass is 14.7. The fourth-order valence-corrected chi connectivity index (χ4v) is 4.30. The van der Waals surface area contributed by atoms with E-state index in [9.17, 15) is 0 Å². The molecule has 1 aromatic rings. The molecule has 0 aromatic heterocycles. The SMILES string of the molecule is CCCC1(CCC)CC(CN)(c2ccc(C)cc2)C1. The average Bonchev–Trinajstić information content (AvgIpc) is 2.36. The molecular formula is C18H29N. The monoisotopic (exact) mass is 259 g/mol. The second kappa shape index (κ2) is 5.66. The predicted molar refractivity (Wildman–Crippen MR) is 83.4 cm³/mol. The maximum Gasteiger partial charge on any atom is 0.00861 e. The Hall–Kier alpha value is -0.820. The largest absolute Gasteiger partial charge is 0.330 e. The lowest BCUT2D eigenvalue weighted by Gasteiger charge is -2.57. The summed E-state index contributed by atoms with van der Waals surface area (Å²) < 4.78 is 0. The van der Waals surface area contributed by atoms with Gasteiger partial charge >= 0.3 is 0 Å². The van der Waals surface area contributed by atoms with E-state index in [4.69, 9.17) is 5.73 Å². The van der Waals surface area contributed by atoms with Crippen LogP contribution in [0.3, 0.4) is 0 Å².